The first-order valence-corrected chi connectivity index (χ1v) is 5.45. The van der Waals surface area contributed by atoms with E-state index in [0.29, 0.717) is 5.56 Å². The van der Waals surface area contributed by atoms with Gasteiger partial charge in [0.2, 0.25) is 0 Å². The van der Waals surface area contributed by atoms with Crippen molar-refractivity contribution in [2.75, 3.05) is 13.1 Å². The summed E-state index contributed by atoms with van der Waals surface area (Å²) < 4.78 is 0. The van der Waals surface area contributed by atoms with Crippen molar-refractivity contribution >= 4 is 18.4 Å². The molecule has 0 aliphatic carbocycles. The predicted molar refractivity (Wildman–Crippen MR) is 69.7 cm³/mol. The molecule has 0 radical (unpaired) electrons. The minimum atomic E-state index is -0.868. The molecule has 0 aromatic heterocycles. The van der Waals surface area contributed by atoms with Crippen molar-refractivity contribution in [3.63, 3.8) is 0 Å². The van der Waals surface area contributed by atoms with Crippen LogP contribution in [0.4, 0.5) is 0 Å². The fourth-order valence-electron chi connectivity index (χ4n) is 1.84. The van der Waals surface area contributed by atoms with E-state index in [0.717, 1.165) is 26.1 Å². The van der Waals surface area contributed by atoms with Gasteiger partial charge in [0.25, 0.3) is 0 Å². The normalized spacial score (nSPS) is 15.3. The van der Waals surface area contributed by atoms with Gasteiger partial charge in [0, 0.05) is 19.6 Å². The number of aromatic carboxylic acids is 1. The minimum absolute atomic E-state index is 0. The lowest BCUT2D eigenvalue weighted by Gasteiger charge is -2.22. The smallest absolute Gasteiger partial charge is 0.335 e. The Bertz CT molecular complexity index is 400. The van der Waals surface area contributed by atoms with Gasteiger partial charge in [-0.3, -0.25) is 4.90 Å². The summed E-state index contributed by atoms with van der Waals surface area (Å²) in [5, 5.41) is 8.78. The molecule has 0 unspecified atom stereocenters. The first-order valence-electron chi connectivity index (χ1n) is 5.45. The fourth-order valence-corrected chi connectivity index (χ4v) is 1.84. The Labute approximate surface area is 107 Å². The van der Waals surface area contributed by atoms with Crippen LogP contribution in [0.2, 0.25) is 0 Å². The van der Waals surface area contributed by atoms with Gasteiger partial charge in [0.1, 0.15) is 0 Å². The molecule has 0 atom stereocenters. The summed E-state index contributed by atoms with van der Waals surface area (Å²) in [6.45, 7) is 2.96. The zero-order valence-corrected chi connectivity index (χ0v) is 10.3. The molecule has 0 amide bonds. The molecular formula is C13H16ClNO2. The SMILES string of the molecule is Cl.O=C(O)c1ccc(CN2CC=CCC2)cc1. The van der Waals surface area contributed by atoms with Gasteiger partial charge in [-0.15, -0.1) is 12.4 Å². The molecule has 17 heavy (non-hydrogen) atoms. The molecule has 1 aliphatic rings. The second-order valence-electron chi connectivity index (χ2n) is 4.00. The Balaban J connectivity index is 0.00000144. The minimum Gasteiger partial charge on any atom is -0.478 e. The molecule has 1 N–H and O–H groups in total. The number of benzene rings is 1. The molecule has 0 saturated heterocycles. The van der Waals surface area contributed by atoms with Crippen LogP contribution in [0.25, 0.3) is 0 Å². The summed E-state index contributed by atoms with van der Waals surface area (Å²) in [4.78, 5) is 13.0. The van der Waals surface area contributed by atoms with Gasteiger partial charge in [-0.1, -0.05) is 24.3 Å². The Kier molecular flexibility index (Phi) is 5.19. The highest BCUT2D eigenvalue weighted by molar-refractivity contribution is 5.87. The van der Waals surface area contributed by atoms with Crippen molar-refractivity contribution in [1.29, 1.82) is 0 Å². The first-order chi connectivity index (χ1) is 7.75. The number of nitrogens with zero attached hydrogens (tertiary/aromatic N) is 1. The van der Waals surface area contributed by atoms with E-state index < -0.39 is 5.97 Å². The molecule has 0 fully saturated rings. The highest BCUT2D eigenvalue weighted by Crippen LogP contribution is 2.10. The summed E-state index contributed by atoms with van der Waals surface area (Å²) in [6.07, 6.45) is 5.48. The van der Waals surface area contributed by atoms with E-state index in [9.17, 15) is 4.79 Å². The van der Waals surface area contributed by atoms with Crippen LogP contribution < -0.4 is 0 Å². The zero-order valence-electron chi connectivity index (χ0n) is 9.50. The van der Waals surface area contributed by atoms with E-state index in [2.05, 4.69) is 17.1 Å². The quantitative estimate of drug-likeness (QED) is 0.842. The Morgan fingerprint density at radius 2 is 1.94 bits per heavy atom. The molecule has 0 saturated carbocycles. The van der Waals surface area contributed by atoms with Crippen LogP contribution in [0.15, 0.2) is 36.4 Å². The van der Waals surface area contributed by atoms with Gasteiger partial charge < -0.3 is 5.11 Å². The molecule has 1 aromatic carbocycles. The molecule has 2 rings (SSSR count). The molecule has 4 heteroatoms. The molecule has 1 aliphatic heterocycles. The largest absolute Gasteiger partial charge is 0.478 e. The lowest BCUT2D eigenvalue weighted by Crippen LogP contribution is -2.26. The molecule has 0 spiro atoms. The number of rotatable bonds is 3. The van der Waals surface area contributed by atoms with Crippen LogP contribution in [-0.4, -0.2) is 29.1 Å². The third kappa shape index (κ3) is 3.88. The molecule has 92 valence electrons. The average Bonchev–Trinajstić information content (AvgIpc) is 2.31. The summed E-state index contributed by atoms with van der Waals surface area (Å²) >= 11 is 0. The average molecular weight is 254 g/mol. The third-order valence-corrected chi connectivity index (χ3v) is 2.75. The van der Waals surface area contributed by atoms with Crippen LogP contribution >= 0.6 is 12.4 Å². The number of carboxylic acid groups (broad SMARTS) is 1. The number of halogens is 1. The topological polar surface area (TPSA) is 40.5 Å². The lowest BCUT2D eigenvalue weighted by atomic mass is 10.1. The number of hydrogen-bond acceptors (Lipinski definition) is 2. The monoisotopic (exact) mass is 253 g/mol. The molecule has 1 heterocycles. The maximum Gasteiger partial charge on any atom is 0.335 e. The van der Waals surface area contributed by atoms with Gasteiger partial charge >= 0.3 is 5.97 Å². The number of carbonyl (C=O) groups is 1. The van der Waals surface area contributed by atoms with Gasteiger partial charge in [-0.2, -0.15) is 0 Å². The van der Waals surface area contributed by atoms with Gasteiger partial charge in [0.15, 0.2) is 0 Å². The van der Waals surface area contributed by atoms with Crippen LogP contribution in [0.5, 0.6) is 0 Å². The summed E-state index contributed by atoms with van der Waals surface area (Å²) in [5.74, 6) is -0.868. The summed E-state index contributed by atoms with van der Waals surface area (Å²) in [5.41, 5.74) is 1.52. The van der Waals surface area contributed by atoms with Crippen molar-refractivity contribution in [2.24, 2.45) is 0 Å². The zero-order chi connectivity index (χ0) is 11.4. The number of carboxylic acids is 1. The van der Waals surface area contributed by atoms with Crippen LogP contribution in [-0.2, 0) is 6.54 Å². The lowest BCUT2D eigenvalue weighted by molar-refractivity contribution is 0.0697. The second-order valence-corrected chi connectivity index (χ2v) is 4.00. The predicted octanol–water partition coefficient (Wildman–Crippen LogP) is 2.57. The van der Waals surface area contributed by atoms with E-state index in [1.165, 1.54) is 5.56 Å². The second kappa shape index (κ2) is 6.42. The van der Waals surface area contributed by atoms with Crippen molar-refractivity contribution in [3.05, 3.63) is 47.5 Å². The van der Waals surface area contributed by atoms with E-state index in [4.69, 9.17) is 5.11 Å². The molecule has 0 bridgehead atoms. The molecular weight excluding hydrogens is 238 g/mol. The maximum atomic E-state index is 10.7. The van der Waals surface area contributed by atoms with Gasteiger partial charge in [0.05, 0.1) is 5.56 Å². The Morgan fingerprint density at radius 1 is 1.24 bits per heavy atom. The fraction of sp³-hybridized carbons (Fsp3) is 0.308. The molecule has 3 nitrogen and oxygen atoms in total. The van der Waals surface area contributed by atoms with Crippen LogP contribution in [0, 0.1) is 0 Å². The van der Waals surface area contributed by atoms with Crippen molar-refractivity contribution < 1.29 is 9.90 Å². The van der Waals surface area contributed by atoms with E-state index in [1.807, 2.05) is 12.1 Å². The Morgan fingerprint density at radius 3 is 2.47 bits per heavy atom. The van der Waals surface area contributed by atoms with Gasteiger partial charge in [-0.05, 0) is 24.1 Å². The van der Waals surface area contributed by atoms with E-state index in [-0.39, 0.29) is 12.4 Å². The van der Waals surface area contributed by atoms with Crippen molar-refractivity contribution in [3.8, 4) is 0 Å². The van der Waals surface area contributed by atoms with Crippen LogP contribution in [0.1, 0.15) is 22.3 Å². The third-order valence-electron chi connectivity index (χ3n) is 2.75. The summed E-state index contributed by atoms with van der Waals surface area (Å²) in [6, 6.07) is 7.11. The first kappa shape index (κ1) is 13.7. The summed E-state index contributed by atoms with van der Waals surface area (Å²) in [7, 11) is 0. The van der Waals surface area contributed by atoms with E-state index >= 15 is 0 Å². The van der Waals surface area contributed by atoms with E-state index in [1.54, 1.807) is 12.1 Å². The van der Waals surface area contributed by atoms with Crippen molar-refractivity contribution in [1.82, 2.24) is 4.90 Å². The number of hydrogen-bond donors (Lipinski definition) is 1. The van der Waals surface area contributed by atoms with Crippen LogP contribution in [0.3, 0.4) is 0 Å². The molecule has 1 aromatic rings. The maximum absolute atomic E-state index is 10.7. The highest BCUT2D eigenvalue weighted by Gasteiger charge is 2.07. The standard InChI is InChI=1S/C13H15NO2.ClH/c15-13(16)12-6-4-11(5-7-12)10-14-8-2-1-3-9-14;/h1-2,4-7H,3,8-10H2,(H,15,16);1H. The van der Waals surface area contributed by atoms with Gasteiger partial charge in [-0.25, -0.2) is 4.79 Å². The highest BCUT2D eigenvalue weighted by atomic mass is 35.5. The van der Waals surface area contributed by atoms with Crippen molar-refractivity contribution in [2.45, 2.75) is 13.0 Å². The Hall–Kier alpha value is -1.32.